The van der Waals surface area contributed by atoms with Gasteiger partial charge in [0.25, 0.3) is 0 Å². The lowest BCUT2D eigenvalue weighted by Gasteiger charge is -2.34. The Morgan fingerprint density at radius 2 is 2.25 bits per heavy atom. The quantitative estimate of drug-likeness (QED) is 0.885. The standard InChI is InChI=1S/C10H18N4S2/c1-7-10(16-5-4-15-7)9(11-2)8-6-12-13-14(8)3/h6-7,9-11H,4-5H2,1-3H3. The van der Waals surface area contributed by atoms with Gasteiger partial charge < -0.3 is 5.32 Å². The second-order valence-corrected chi connectivity index (χ2v) is 6.73. The molecule has 1 fully saturated rings. The van der Waals surface area contributed by atoms with Crippen LogP contribution in [0.25, 0.3) is 0 Å². The summed E-state index contributed by atoms with van der Waals surface area (Å²) in [5, 5.41) is 12.7. The summed E-state index contributed by atoms with van der Waals surface area (Å²) in [5.74, 6) is 2.51. The van der Waals surface area contributed by atoms with Crippen molar-refractivity contribution in [3.63, 3.8) is 0 Å². The lowest BCUT2D eigenvalue weighted by Crippen LogP contribution is -2.37. The van der Waals surface area contributed by atoms with Gasteiger partial charge in [-0.2, -0.15) is 23.5 Å². The van der Waals surface area contributed by atoms with Crippen molar-refractivity contribution >= 4 is 23.5 Å². The molecule has 1 aliphatic heterocycles. The third-order valence-corrected chi connectivity index (χ3v) is 6.14. The van der Waals surface area contributed by atoms with Crippen LogP contribution in [0.3, 0.4) is 0 Å². The minimum atomic E-state index is 0.341. The zero-order valence-electron chi connectivity index (χ0n) is 9.88. The molecular formula is C10H18N4S2. The molecule has 1 aromatic heterocycles. The zero-order chi connectivity index (χ0) is 11.5. The Morgan fingerprint density at radius 3 is 2.81 bits per heavy atom. The number of nitrogens with one attached hydrogen (secondary N) is 1. The molecule has 1 aromatic rings. The van der Waals surface area contributed by atoms with Crippen LogP contribution in [0, 0.1) is 0 Å². The monoisotopic (exact) mass is 258 g/mol. The molecule has 1 aliphatic rings. The number of nitrogens with zero attached hydrogens (tertiary/aromatic N) is 3. The van der Waals surface area contributed by atoms with Gasteiger partial charge >= 0.3 is 0 Å². The molecular weight excluding hydrogens is 240 g/mol. The van der Waals surface area contributed by atoms with E-state index in [0.717, 1.165) is 0 Å². The Bertz CT molecular complexity index is 341. The molecule has 6 heteroatoms. The minimum Gasteiger partial charge on any atom is -0.311 e. The van der Waals surface area contributed by atoms with Crippen molar-refractivity contribution in [1.29, 1.82) is 0 Å². The molecule has 90 valence electrons. The number of hydrogen-bond acceptors (Lipinski definition) is 5. The van der Waals surface area contributed by atoms with E-state index in [-0.39, 0.29) is 0 Å². The number of rotatable bonds is 3. The smallest absolute Gasteiger partial charge is 0.0764 e. The van der Waals surface area contributed by atoms with Crippen molar-refractivity contribution in [3.05, 3.63) is 11.9 Å². The highest BCUT2D eigenvalue weighted by Gasteiger charge is 2.32. The lowest BCUT2D eigenvalue weighted by atomic mass is 10.1. The number of aromatic nitrogens is 3. The second kappa shape index (κ2) is 5.42. The molecule has 0 aliphatic carbocycles. The highest BCUT2D eigenvalue weighted by molar-refractivity contribution is 8.07. The third kappa shape index (κ3) is 2.38. The zero-order valence-corrected chi connectivity index (χ0v) is 11.5. The summed E-state index contributed by atoms with van der Waals surface area (Å²) in [6, 6.07) is 0.341. The van der Waals surface area contributed by atoms with Crippen LogP contribution in [0.2, 0.25) is 0 Å². The molecule has 16 heavy (non-hydrogen) atoms. The molecule has 4 nitrogen and oxygen atoms in total. The van der Waals surface area contributed by atoms with E-state index in [0.29, 0.717) is 16.5 Å². The maximum Gasteiger partial charge on any atom is 0.0764 e. The maximum atomic E-state index is 4.02. The van der Waals surface area contributed by atoms with Gasteiger partial charge in [-0.1, -0.05) is 12.1 Å². The number of aryl methyl sites for hydroxylation is 1. The van der Waals surface area contributed by atoms with Gasteiger partial charge in [-0.3, -0.25) is 4.68 Å². The van der Waals surface area contributed by atoms with Gasteiger partial charge in [-0.05, 0) is 7.05 Å². The summed E-state index contributed by atoms with van der Waals surface area (Å²) in [4.78, 5) is 0. The molecule has 3 atom stereocenters. The first-order valence-electron chi connectivity index (χ1n) is 5.49. The van der Waals surface area contributed by atoms with E-state index < -0.39 is 0 Å². The normalized spacial score (nSPS) is 27.9. The second-order valence-electron chi connectivity index (χ2n) is 3.96. The van der Waals surface area contributed by atoms with Crippen LogP contribution in [0.5, 0.6) is 0 Å². The predicted molar refractivity (Wildman–Crippen MR) is 71.0 cm³/mol. The van der Waals surface area contributed by atoms with Crippen molar-refractivity contribution in [2.24, 2.45) is 7.05 Å². The molecule has 2 heterocycles. The van der Waals surface area contributed by atoms with E-state index in [1.807, 2.05) is 25.0 Å². The fraction of sp³-hybridized carbons (Fsp3) is 0.800. The summed E-state index contributed by atoms with van der Waals surface area (Å²) in [6.45, 7) is 2.32. The molecule has 1 saturated heterocycles. The molecule has 0 aromatic carbocycles. The molecule has 0 bridgehead atoms. The van der Waals surface area contributed by atoms with Gasteiger partial charge in [0, 0.05) is 29.1 Å². The predicted octanol–water partition coefficient (Wildman–Crippen LogP) is 1.31. The van der Waals surface area contributed by atoms with Crippen LogP contribution in [0.1, 0.15) is 18.7 Å². The summed E-state index contributed by atoms with van der Waals surface area (Å²) in [7, 11) is 3.97. The number of thioether (sulfide) groups is 2. The average molecular weight is 258 g/mol. The Kier molecular flexibility index (Phi) is 4.16. The summed E-state index contributed by atoms with van der Waals surface area (Å²) in [5.41, 5.74) is 1.18. The summed E-state index contributed by atoms with van der Waals surface area (Å²) in [6.07, 6.45) is 1.87. The molecule has 1 N–H and O–H groups in total. The van der Waals surface area contributed by atoms with Crippen molar-refractivity contribution in [2.45, 2.75) is 23.5 Å². The van der Waals surface area contributed by atoms with Crippen molar-refractivity contribution < 1.29 is 0 Å². The van der Waals surface area contributed by atoms with E-state index in [4.69, 9.17) is 0 Å². The summed E-state index contributed by atoms with van der Waals surface area (Å²) >= 11 is 4.12. The highest BCUT2D eigenvalue weighted by atomic mass is 32.2. The van der Waals surface area contributed by atoms with E-state index in [1.54, 1.807) is 0 Å². The molecule has 0 spiro atoms. The molecule has 2 rings (SSSR count). The fourth-order valence-electron chi connectivity index (χ4n) is 2.08. The Labute approximate surface area is 105 Å². The topological polar surface area (TPSA) is 42.7 Å². The van der Waals surface area contributed by atoms with Crippen molar-refractivity contribution in [1.82, 2.24) is 20.3 Å². The Hall–Kier alpha value is -0.200. The Balaban J connectivity index is 2.18. The molecule has 0 radical (unpaired) electrons. The first kappa shape index (κ1) is 12.3. The SMILES string of the molecule is CNC(c1cnnn1C)C1SCCSC1C. The van der Waals surface area contributed by atoms with Gasteiger partial charge in [0.1, 0.15) is 0 Å². The van der Waals surface area contributed by atoms with Crippen LogP contribution in [0.4, 0.5) is 0 Å². The maximum absolute atomic E-state index is 4.02. The average Bonchev–Trinajstić information content (AvgIpc) is 2.69. The first-order chi connectivity index (χ1) is 7.74. The van der Waals surface area contributed by atoms with Gasteiger partial charge in [-0.15, -0.1) is 5.10 Å². The van der Waals surface area contributed by atoms with Crippen LogP contribution < -0.4 is 5.32 Å². The van der Waals surface area contributed by atoms with Crippen LogP contribution in [-0.2, 0) is 7.05 Å². The van der Waals surface area contributed by atoms with Gasteiger partial charge in [0.2, 0.25) is 0 Å². The van der Waals surface area contributed by atoms with Crippen LogP contribution in [-0.4, -0.2) is 44.0 Å². The van der Waals surface area contributed by atoms with E-state index in [9.17, 15) is 0 Å². The third-order valence-electron chi connectivity index (χ3n) is 2.94. The fourth-order valence-corrected chi connectivity index (χ4v) is 5.05. The molecule has 0 saturated carbocycles. The first-order valence-corrected chi connectivity index (χ1v) is 7.59. The lowest BCUT2D eigenvalue weighted by molar-refractivity contribution is 0.514. The largest absolute Gasteiger partial charge is 0.311 e. The minimum absolute atomic E-state index is 0.341. The Morgan fingerprint density at radius 1 is 1.50 bits per heavy atom. The van der Waals surface area contributed by atoms with Crippen molar-refractivity contribution in [2.75, 3.05) is 18.6 Å². The van der Waals surface area contributed by atoms with E-state index >= 15 is 0 Å². The van der Waals surface area contributed by atoms with E-state index in [1.165, 1.54) is 17.2 Å². The van der Waals surface area contributed by atoms with Crippen molar-refractivity contribution in [3.8, 4) is 0 Å². The number of hydrogen-bond donors (Lipinski definition) is 1. The van der Waals surface area contributed by atoms with Crippen LogP contribution in [0.15, 0.2) is 6.20 Å². The highest BCUT2D eigenvalue weighted by Crippen LogP contribution is 2.38. The van der Waals surface area contributed by atoms with Gasteiger partial charge in [-0.25, -0.2) is 0 Å². The van der Waals surface area contributed by atoms with Gasteiger partial charge in [0.05, 0.1) is 17.9 Å². The van der Waals surface area contributed by atoms with Gasteiger partial charge in [0.15, 0.2) is 0 Å². The molecule has 0 amide bonds. The van der Waals surface area contributed by atoms with E-state index in [2.05, 4.69) is 46.1 Å². The summed E-state index contributed by atoms with van der Waals surface area (Å²) < 4.78 is 1.87. The molecule has 3 unspecified atom stereocenters. The van der Waals surface area contributed by atoms with Crippen LogP contribution >= 0.6 is 23.5 Å².